The van der Waals surface area contributed by atoms with Gasteiger partial charge in [0, 0.05) is 13.1 Å². The van der Waals surface area contributed by atoms with Gasteiger partial charge in [-0.3, -0.25) is 0 Å². The number of ether oxygens (including phenoxy) is 1. The summed E-state index contributed by atoms with van der Waals surface area (Å²) in [7, 11) is 3.19. The molecule has 13 heavy (non-hydrogen) atoms. The first-order valence-corrected chi connectivity index (χ1v) is 4.71. The Morgan fingerprint density at radius 2 is 2.31 bits per heavy atom. The summed E-state index contributed by atoms with van der Waals surface area (Å²) in [6.45, 7) is 0.659. The van der Waals surface area contributed by atoms with E-state index in [0.717, 1.165) is 19.3 Å². The average Bonchev–Trinajstić information content (AvgIpc) is 2.62. The van der Waals surface area contributed by atoms with Crippen molar-refractivity contribution < 1.29 is 9.53 Å². The Balaban J connectivity index is 2.54. The number of nitrogens with zero attached hydrogens (tertiary/aromatic N) is 1. The van der Waals surface area contributed by atoms with Crippen molar-refractivity contribution in [2.45, 2.75) is 25.3 Å². The Kier molecular flexibility index (Phi) is 3.54. The Labute approximate surface area is 79.0 Å². The van der Waals surface area contributed by atoms with E-state index in [0.29, 0.717) is 12.5 Å². The predicted molar refractivity (Wildman–Crippen MR) is 50.4 cm³/mol. The van der Waals surface area contributed by atoms with Crippen molar-refractivity contribution in [2.75, 3.05) is 20.7 Å². The van der Waals surface area contributed by atoms with Crippen LogP contribution in [0.15, 0.2) is 0 Å². The third kappa shape index (κ3) is 2.12. The molecule has 0 radical (unpaired) electrons. The molecular weight excluding hydrogens is 168 g/mol. The summed E-state index contributed by atoms with van der Waals surface area (Å²) in [5.74, 6) is 0.448. The number of methoxy groups -OCH3 is 1. The third-order valence-corrected chi connectivity index (χ3v) is 2.88. The van der Waals surface area contributed by atoms with E-state index in [4.69, 9.17) is 5.73 Å². The Morgan fingerprint density at radius 3 is 2.85 bits per heavy atom. The van der Waals surface area contributed by atoms with Crippen LogP contribution in [0.5, 0.6) is 0 Å². The van der Waals surface area contributed by atoms with Crippen LogP contribution in [-0.2, 0) is 4.74 Å². The monoisotopic (exact) mass is 186 g/mol. The summed E-state index contributed by atoms with van der Waals surface area (Å²) in [4.78, 5) is 12.9. The van der Waals surface area contributed by atoms with Gasteiger partial charge in [-0.15, -0.1) is 0 Å². The Bertz CT molecular complexity index is 184. The van der Waals surface area contributed by atoms with Crippen molar-refractivity contribution >= 4 is 6.09 Å². The van der Waals surface area contributed by atoms with Gasteiger partial charge in [0.25, 0.3) is 0 Å². The molecule has 1 amide bonds. The van der Waals surface area contributed by atoms with Crippen LogP contribution in [0.25, 0.3) is 0 Å². The van der Waals surface area contributed by atoms with Crippen molar-refractivity contribution in [1.29, 1.82) is 0 Å². The number of hydrogen-bond acceptors (Lipinski definition) is 3. The van der Waals surface area contributed by atoms with E-state index in [9.17, 15) is 4.79 Å². The van der Waals surface area contributed by atoms with E-state index < -0.39 is 0 Å². The van der Waals surface area contributed by atoms with Gasteiger partial charge in [0.15, 0.2) is 0 Å². The highest BCUT2D eigenvalue weighted by molar-refractivity contribution is 5.67. The van der Waals surface area contributed by atoms with E-state index in [1.165, 1.54) is 7.11 Å². The van der Waals surface area contributed by atoms with Crippen LogP contribution in [0, 0.1) is 5.92 Å². The first-order chi connectivity index (χ1) is 6.20. The molecule has 4 heteroatoms. The van der Waals surface area contributed by atoms with Crippen LogP contribution >= 0.6 is 0 Å². The molecule has 0 saturated heterocycles. The van der Waals surface area contributed by atoms with E-state index in [1.807, 2.05) is 0 Å². The van der Waals surface area contributed by atoms with Gasteiger partial charge in [0.1, 0.15) is 0 Å². The number of carbonyl (C=O) groups excluding carboxylic acids is 1. The Hall–Kier alpha value is -0.770. The molecule has 0 heterocycles. The second-order valence-corrected chi connectivity index (χ2v) is 3.57. The molecule has 0 spiro atoms. The number of nitrogens with two attached hydrogens (primary N) is 1. The van der Waals surface area contributed by atoms with Crippen LogP contribution in [0.3, 0.4) is 0 Å². The largest absolute Gasteiger partial charge is 0.453 e. The third-order valence-electron chi connectivity index (χ3n) is 2.88. The van der Waals surface area contributed by atoms with Crippen molar-refractivity contribution in [1.82, 2.24) is 4.90 Å². The number of rotatable bonds is 2. The maximum atomic E-state index is 11.2. The normalized spacial score (nSPS) is 27.3. The molecule has 2 atom stereocenters. The molecule has 4 nitrogen and oxygen atoms in total. The standard InChI is InChI=1S/C9H18N2O2/c1-11(9(12)13-2)8-5-3-4-7(8)6-10/h7-8H,3-6,10H2,1-2H3. The molecular formula is C9H18N2O2. The van der Waals surface area contributed by atoms with Gasteiger partial charge >= 0.3 is 6.09 Å². The predicted octanol–water partition coefficient (Wildman–Crippen LogP) is 0.812. The molecule has 1 fully saturated rings. The lowest BCUT2D eigenvalue weighted by Gasteiger charge is -2.27. The zero-order valence-electron chi connectivity index (χ0n) is 8.32. The number of carbonyl (C=O) groups is 1. The van der Waals surface area contributed by atoms with Crippen LogP contribution in [-0.4, -0.2) is 37.7 Å². The lowest BCUT2D eigenvalue weighted by atomic mass is 10.0. The van der Waals surface area contributed by atoms with E-state index >= 15 is 0 Å². The summed E-state index contributed by atoms with van der Waals surface area (Å²) < 4.78 is 4.66. The molecule has 0 aliphatic heterocycles. The van der Waals surface area contributed by atoms with E-state index in [2.05, 4.69) is 4.74 Å². The summed E-state index contributed by atoms with van der Waals surface area (Å²) >= 11 is 0. The Morgan fingerprint density at radius 1 is 1.62 bits per heavy atom. The second kappa shape index (κ2) is 4.46. The van der Waals surface area contributed by atoms with Crippen molar-refractivity contribution in [3.05, 3.63) is 0 Å². The molecule has 0 aromatic heterocycles. The van der Waals surface area contributed by atoms with Crippen molar-refractivity contribution in [2.24, 2.45) is 11.7 Å². The first-order valence-electron chi connectivity index (χ1n) is 4.71. The molecule has 0 bridgehead atoms. The summed E-state index contributed by atoms with van der Waals surface area (Å²) in [6.07, 6.45) is 3.08. The number of hydrogen-bond donors (Lipinski definition) is 1. The van der Waals surface area contributed by atoms with Gasteiger partial charge < -0.3 is 15.4 Å². The first kappa shape index (κ1) is 10.3. The highest BCUT2D eigenvalue weighted by atomic mass is 16.5. The quantitative estimate of drug-likeness (QED) is 0.694. The fourth-order valence-corrected chi connectivity index (χ4v) is 2.08. The molecule has 0 aromatic rings. The summed E-state index contributed by atoms with van der Waals surface area (Å²) in [6, 6.07) is 0.275. The zero-order chi connectivity index (χ0) is 9.84. The molecule has 1 saturated carbocycles. The lowest BCUT2D eigenvalue weighted by molar-refractivity contribution is 0.109. The van der Waals surface area contributed by atoms with Crippen molar-refractivity contribution in [3.63, 3.8) is 0 Å². The fraction of sp³-hybridized carbons (Fsp3) is 0.889. The summed E-state index contributed by atoms with van der Waals surface area (Å²) in [5.41, 5.74) is 5.62. The molecule has 76 valence electrons. The van der Waals surface area contributed by atoms with Crippen molar-refractivity contribution in [3.8, 4) is 0 Å². The van der Waals surface area contributed by atoms with Gasteiger partial charge in [0.2, 0.25) is 0 Å². The van der Waals surface area contributed by atoms with Gasteiger partial charge in [0.05, 0.1) is 7.11 Å². The van der Waals surface area contributed by atoms with Gasteiger partial charge in [-0.1, -0.05) is 6.42 Å². The molecule has 1 aliphatic rings. The fourth-order valence-electron chi connectivity index (χ4n) is 2.08. The van der Waals surface area contributed by atoms with Crippen LogP contribution < -0.4 is 5.73 Å². The van der Waals surface area contributed by atoms with E-state index in [1.54, 1.807) is 11.9 Å². The van der Waals surface area contributed by atoms with Crippen LogP contribution in [0.1, 0.15) is 19.3 Å². The topological polar surface area (TPSA) is 55.6 Å². The molecule has 1 aliphatic carbocycles. The maximum absolute atomic E-state index is 11.2. The van der Waals surface area contributed by atoms with Crippen LogP contribution in [0.2, 0.25) is 0 Å². The molecule has 1 rings (SSSR count). The molecule has 2 unspecified atom stereocenters. The average molecular weight is 186 g/mol. The minimum atomic E-state index is -0.259. The lowest BCUT2D eigenvalue weighted by Crippen LogP contribution is -2.41. The minimum absolute atomic E-state index is 0.259. The molecule has 2 N–H and O–H groups in total. The van der Waals surface area contributed by atoms with Gasteiger partial charge in [-0.25, -0.2) is 4.79 Å². The highest BCUT2D eigenvalue weighted by Crippen LogP contribution is 2.28. The smallest absolute Gasteiger partial charge is 0.409 e. The maximum Gasteiger partial charge on any atom is 0.409 e. The number of amides is 1. The highest BCUT2D eigenvalue weighted by Gasteiger charge is 2.31. The van der Waals surface area contributed by atoms with Gasteiger partial charge in [-0.05, 0) is 25.3 Å². The minimum Gasteiger partial charge on any atom is -0.453 e. The SMILES string of the molecule is COC(=O)N(C)C1CCCC1CN. The zero-order valence-corrected chi connectivity index (χ0v) is 8.32. The van der Waals surface area contributed by atoms with Crippen LogP contribution in [0.4, 0.5) is 4.79 Å². The summed E-state index contributed by atoms with van der Waals surface area (Å²) in [5, 5.41) is 0. The van der Waals surface area contributed by atoms with E-state index in [-0.39, 0.29) is 12.1 Å². The van der Waals surface area contributed by atoms with Gasteiger partial charge in [-0.2, -0.15) is 0 Å². The second-order valence-electron chi connectivity index (χ2n) is 3.57. The molecule has 0 aromatic carbocycles.